The molecule has 0 aliphatic heterocycles. The summed E-state index contributed by atoms with van der Waals surface area (Å²) < 4.78 is 0. The van der Waals surface area contributed by atoms with Gasteiger partial charge in [0.25, 0.3) is 0 Å². The van der Waals surface area contributed by atoms with E-state index in [2.05, 4.69) is 54.5 Å². The van der Waals surface area contributed by atoms with Gasteiger partial charge in [0.1, 0.15) is 0 Å². The first-order chi connectivity index (χ1) is 9.34. The molecular formula is C18H23N. The van der Waals surface area contributed by atoms with Crippen molar-refractivity contribution in [3.05, 3.63) is 48.2 Å². The van der Waals surface area contributed by atoms with Crippen molar-refractivity contribution in [1.82, 2.24) is 4.98 Å². The minimum atomic E-state index is 0.498. The number of para-hydroxylation sites is 1. The summed E-state index contributed by atoms with van der Waals surface area (Å²) in [7, 11) is 0. The third kappa shape index (κ3) is 2.75. The number of aromatic amines is 1. The van der Waals surface area contributed by atoms with Crippen LogP contribution in [0.15, 0.2) is 42.6 Å². The maximum atomic E-state index is 3.37. The molecule has 1 saturated carbocycles. The first-order valence-corrected chi connectivity index (χ1v) is 7.59. The monoisotopic (exact) mass is 253 g/mol. The van der Waals surface area contributed by atoms with E-state index in [1.165, 1.54) is 48.6 Å². The lowest BCUT2D eigenvalue weighted by Gasteiger charge is -2.18. The highest BCUT2D eigenvalue weighted by molar-refractivity contribution is 5.83. The lowest BCUT2D eigenvalue weighted by Crippen LogP contribution is -2.03. The molecular weight excluding hydrogens is 230 g/mol. The van der Waals surface area contributed by atoms with Crippen LogP contribution in [0.5, 0.6) is 0 Å². The first-order valence-electron chi connectivity index (χ1n) is 7.59. The Morgan fingerprint density at radius 1 is 1.16 bits per heavy atom. The summed E-state index contributed by atoms with van der Waals surface area (Å²) in [6, 6.07) is 8.57. The van der Waals surface area contributed by atoms with Crippen molar-refractivity contribution in [3.8, 4) is 0 Å². The van der Waals surface area contributed by atoms with Crippen molar-refractivity contribution >= 4 is 10.9 Å². The second-order valence-electron chi connectivity index (χ2n) is 5.86. The molecule has 0 amide bonds. The van der Waals surface area contributed by atoms with Crippen LogP contribution in [0.4, 0.5) is 0 Å². The number of rotatable bonds is 3. The molecule has 0 spiro atoms. The first kappa shape index (κ1) is 12.5. The Morgan fingerprint density at radius 2 is 1.95 bits per heavy atom. The summed E-state index contributed by atoms with van der Waals surface area (Å²) >= 11 is 0. The van der Waals surface area contributed by atoms with Crippen LogP contribution in [-0.2, 0) is 0 Å². The fourth-order valence-corrected chi connectivity index (χ4v) is 3.22. The van der Waals surface area contributed by atoms with E-state index in [9.17, 15) is 0 Å². The Bertz CT molecular complexity index is 558. The molecule has 1 aromatic heterocycles. The molecule has 0 saturated heterocycles. The Kier molecular flexibility index (Phi) is 3.72. The van der Waals surface area contributed by atoms with Gasteiger partial charge in [0.2, 0.25) is 0 Å². The molecule has 2 aromatic rings. The molecule has 0 unspecified atom stereocenters. The number of hydrogen-bond acceptors (Lipinski definition) is 0. The van der Waals surface area contributed by atoms with Gasteiger partial charge >= 0.3 is 0 Å². The van der Waals surface area contributed by atoms with Crippen molar-refractivity contribution < 1.29 is 0 Å². The summed E-state index contributed by atoms with van der Waals surface area (Å²) in [5.41, 5.74) is 2.66. The Balaban J connectivity index is 1.76. The number of H-pyrrole nitrogens is 1. The van der Waals surface area contributed by atoms with Gasteiger partial charge in [-0.1, -0.05) is 56.5 Å². The lowest BCUT2D eigenvalue weighted by atomic mass is 9.88. The molecule has 1 N–H and O–H groups in total. The van der Waals surface area contributed by atoms with E-state index in [1.54, 1.807) is 0 Å². The fourth-order valence-electron chi connectivity index (χ4n) is 3.22. The smallest absolute Gasteiger partial charge is 0.0457 e. The lowest BCUT2D eigenvalue weighted by molar-refractivity contribution is 0.418. The summed E-state index contributed by atoms with van der Waals surface area (Å²) in [5.74, 6) is 1.32. The topological polar surface area (TPSA) is 15.8 Å². The van der Waals surface area contributed by atoms with E-state index in [4.69, 9.17) is 0 Å². The van der Waals surface area contributed by atoms with Crippen molar-refractivity contribution in [2.45, 2.75) is 44.9 Å². The largest absolute Gasteiger partial charge is 0.361 e. The van der Waals surface area contributed by atoms with Gasteiger partial charge in [-0.15, -0.1) is 0 Å². The van der Waals surface area contributed by atoms with Crippen LogP contribution in [-0.4, -0.2) is 4.98 Å². The van der Waals surface area contributed by atoms with E-state index < -0.39 is 0 Å². The molecule has 100 valence electrons. The highest BCUT2D eigenvalue weighted by Crippen LogP contribution is 2.29. The highest BCUT2D eigenvalue weighted by atomic mass is 14.7. The molecule has 1 aliphatic carbocycles. The molecule has 1 aliphatic rings. The second kappa shape index (κ2) is 5.64. The molecule has 19 heavy (non-hydrogen) atoms. The molecule has 0 radical (unpaired) electrons. The third-order valence-corrected chi connectivity index (χ3v) is 4.43. The van der Waals surface area contributed by atoms with E-state index in [0.29, 0.717) is 5.92 Å². The van der Waals surface area contributed by atoms with Gasteiger partial charge in [0.15, 0.2) is 0 Å². The zero-order valence-electron chi connectivity index (χ0n) is 11.7. The zero-order valence-corrected chi connectivity index (χ0v) is 11.7. The number of fused-ring (bicyclic) bond motifs is 1. The molecule has 1 aromatic carbocycles. The van der Waals surface area contributed by atoms with E-state index in [-0.39, 0.29) is 0 Å². The van der Waals surface area contributed by atoms with Crippen molar-refractivity contribution in [2.24, 2.45) is 5.92 Å². The maximum absolute atomic E-state index is 3.37. The van der Waals surface area contributed by atoms with Crippen LogP contribution in [0, 0.1) is 5.92 Å². The Hall–Kier alpha value is -1.50. The number of nitrogens with one attached hydrogen (secondary N) is 1. The number of aromatic nitrogens is 1. The summed E-state index contributed by atoms with van der Waals surface area (Å²) in [5, 5.41) is 1.36. The van der Waals surface area contributed by atoms with Gasteiger partial charge in [-0.05, 0) is 30.4 Å². The molecule has 3 rings (SSSR count). The molecule has 1 heterocycles. The van der Waals surface area contributed by atoms with Gasteiger partial charge in [0.05, 0.1) is 0 Å². The molecule has 1 fully saturated rings. The number of hydrogen-bond donors (Lipinski definition) is 1. The molecule has 1 nitrogen and oxygen atoms in total. The third-order valence-electron chi connectivity index (χ3n) is 4.43. The van der Waals surface area contributed by atoms with Gasteiger partial charge in [0, 0.05) is 23.0 Å². The Morgan fingerprint density at radius 3 is 2.79 bits per heavy atom. The van der Waals surface area contributed by atoms with Gasteiger partial charge in [-0.25, -0.2) is 0 Å². The fraction of sp³-hybridized carbons (Fsp3) is 0.444. The Labute approximate surface area is 115 Å². The number of allylic oxidation sites excluding steroid dienone is 2. The van der Waals surface area contributed by atoms with Gasteiger partial charge < -0.3 is 4.98 Å². The van der Waals surface area contributed by atoms with Crippen molar-refractivity contribution in [3.63, 3.8) is 0 Å². The summed E-state index contributed by atoms with van der Waals surface area (Å²) in [6.07, 6.45) is 14.1. The van der Waals surface area contributed by atoms with E-state index >= 15 is 0 Å². The summed E-state index contributed by atoms with van der Waals surface area (Å²) in [6.45, 7) is 2.30. The number of benzene rings is 1. The SMILES string of the molecule is C[C@@H](/C=C/C1CCCCC1)c1c[nH]c2ccccc12. The maximum Gasteiger partial charge on any atom is 0.0457 e. The van der Waals surface area contributed by atoms with Crippen LogP contribution in [0.25, 0.3) is 10.9 Å². The predicted octanol–water partition coefficient (Wildman–Crippen LogP) is 5.41. The van der Waals surface area contributed by atoms with Crippen LogP contribution in [0.2, 0.25) is 0 Å². The predicted molar refractivity (Wildman–Crippen MR) is 82.4 cm³/mol. The van der Waals surface area contributed by atoms with Crippen LogP contribution in [0.1, 0.15) is 50.5 Å². The van der Waals surface area contributed by atoms with E-state index in [1.807, 2.05) is 0 Å². The average molecular weight is 253 g/mol. The van der Waals surface area contributed by atoms with Crippen molar-refractivity contribution in [2.75, 3.05) is 0 Å². The van der Waals surface area contributed by atoms with Gasteiger partial charge in [-0.3, -0.25) is 0 Å². The highest BCUT2D eigenvalue weighted by Gasteiger charge is 2.12. The van der Waals surface area contributed by atoms with Crippen molar-refractivity contribution in [1.29, 1.82) is 0 Å². The second-order valence-corrected chi connectivity index (χ2v) is 5.86. The van der Waals surface area contributed by atoms with Crippen LogP contribution >= 0.6 is 0 Å². The minimum Gasteiger partial charge on any atom is -0.361 e. The van der Waals surface area contributed by atoms with Crippen LogP contribution in [0.3, 0.4) is 0 Å². The zero-order chi connectivity index (χ0) is 13.1. The molecule has 1 atom stereocenters. The quantitative estimate of drug-likeness (QED) is 0.704. The normalized spacial score (nSPS) is 19.2. The standard InChI is InChI=1S/C18H23N/c1-14(11-12-15-7-3-2-4-8-15)17-13-19-18-10-6-5-9-16(17)18/h5-6,9-15,19H,2-4,7-8H2,1H3/b12-11+/t14-/m0/s1. The minimum absolute atomic E-state index is 0.498. The van der Waals surface area contributed by atoms with Crippen LogP contribution < -0.4 is 0 Å². The van der Waals surface area contributed by atoms with Gasteiger partial charge in [-0.2, -0.15) is 0 Å². The molecule has 1 heteroatoms. The van der Waals surface area contributed by atoms with E-state index in [0.717, 1.165) is 5.92 Å². The average Bonchev–Trinajstić information content (AvgIpc) is 2.90. The summed E-state index contributed by atoms with van der Waals surface area (Å²) in [4.78, 5) is 3.37. The molecule has 0 bridgehead atoms.